The highest BCUT2D eigenvalue weighted by molar-refractivity contribution is 5.79. The summed E-state index contributed by atoms with van der Waals surface area (Å²) in [4.78, 5) is 6.92. The maximum atomic E-state index is 5.86. The Bertz CT molecular complexity index is 799. The van der Waals surface area contributed by atoms with E-state index in [9.17, 15) is 0 Å². The molecule has 0 bridgehead atoms. The number of guanidine groups is 1. The Morgan fingerprint density at radius 3 is 2.83 bits per heavy atom. The Hall–Kier alpha value is -2.57. The Balaban J connectivity index is 1.45. The van der Waals surface area contributed by atoms with Gasteiger partial charge in [0.15, 0.2) is 5.96 Å². The van der Waals surface area contributed by atoms with E-state index in [-0.39, 0.29) is 0 Å². The molecule has 2 heterocycles. The molecule has 2 aromatic rings. The van der Waals surface area contributed by atoms with E-state index in [1.165, 1.54) is 24.8 Å². The first-order chi connectivity index (χ1) is 14.7. The molecule has 0 aliphatic carbocycles. The number of benzene rings is 1. The zero-order valence-corrected chi connectivity index (χ0v) is 18.7. The molecule has 0 fully saturated rings. The average Bonchev–Trinajstić information content (AvgIpc) is 2.97. The van der Waals surface area contributed by atoms with Gasteiger partial charge in [-0.1, -0.05) is 24.1 Å². The van der Waals surface area contributed by atoms with Gasteiger partial charge in [-0.15, -0.1) is 10.2 Å². The van der Waals surface area contributed by atoms with Gasteiger partial charge in [0.1, 0.15) is 24.0 Å². The molecule has 1 aliphatic rings. The predicted molar refractivity (Wildman–Crippen MR) is 121 cm³/mol. The van der Waals surface area contributed by atoms with Crippen LogP contribution in [0.3, 0.4) is 0 Å². The van der Waals surface area contributed by atoms with Gasteiger partial charge in [-0.2, -0.15) is 0 Å². The highest BCUT2D eigenvalue weighted by atomic mass is 16.5. The molecule has 7 nitrogen and oxygen atoms in total. The van der Waals surface area contributed by atoms with Crippen molar-refractivity contribution in [3.05, 3.63) is 41.5 Å². The number of rotatable bonds is 9. The maximum absolute atomic E-state index is 5.86. The molecule has 30 heavy (non-hydrogen) atoms. The zero-order chi connectivity index (χ0) is 21.2. The van der Waals surface area contributed by atoms with Gasteiger partial charge in [0, 0.05) is 39.5 Å². The Labute approximate surface area is 180 Å². The normalized spacial score (nSPS) is 14.2. The molecular formula is C23H36N6O. The highest BCUT2D eigenvalue weighted by Crippen LogP contribution is 2.15. The van der Waals surface area contributed by atoms with E-state index in [2.05, 4.69) is 58.0 Å². The van der Waals surface area contributed by atoms with Crippen LogP contribution in [0.15, 0.2) is 29.3 Å². The Kier molecular flexibility index (Phi) is 8.53. The van der Waals surface area contributed by atoms with Crippen LogP contribution in [-0.4, -0.2) is 58.9 Å². The summed E-state index contributed by atoms with van der Waals surface area (Å²) in [5.74, 6) is 4.10. The molecule has 1 aromatic heterocycles. The fourth-order valence-corrected chi connectivity index (χ4v) is 3.66. The monoisotopic (exact) mass is 412 g/mol. The van der Waals surface area contributed by atoms with Gasteiger partial charge >= 0.3 is 0 Å². The summed E-state index contributed by atoms with van der Waals surface area (Å²) in [5.41, 5.74) is 1.24. The van der Waals surface area contributed by atoms with Crippen molar-refractivity contribution in [3.63, 3.8) is 0 Å². The number of aromatic nitrogens is 3. The summed E-state index contributed by atoms with van der Waals surface area (Å²) >= 11 is 0. The second kappa shape index (κ2) is 11.6. The first kappa shape index (κ1) is 22.1. The number of hydrogen-bond acceptors (Lipinski definition) is 4. The topological polar surface area (TPSA) is 67.6 Å². The molecule has 1 aliphatic heterocycles. The molecule has 0 atom stereocenters. The summed E-state index contributed by atoms with van der Waals surface area (Å²) < 4.78 is 8.19. The molecule has 0 amide bonds. The largest absolute Gasteiger partial charge is 0.492 e. The minimum atomic E-state index is 0.621. The molecule has 164 valence electrons. The number of aliphatic imine (C=N–C) groups is 1. The highest BCUT2D eigenvalue weighted by Gasteiger charge is 2.14. The van der Waals surface area contributed by atoms with Crippen LogP contribution >= 0.6 is 0 Å². The van der Waals surface area contributed by atoms with Crippen molar-refractivity contribution in [1.82, 2.24) is 25.0 Å². The molecule has 7 heteroatoms. The fraction of sp³-hybridized carbons (Fsp3) is 0.609. The minimum Gasteiger partial charge on any atom is -0.492 e. The number of fused-ring (bicyclic) bond motifs is 1. The average molecular weight is 413 g/mol. The third-order valence-corrected chi connectivity index (χ3v) is 5.42. The predicted octanol–water partition coefficient (Wildman–Crippen LogP) is 3.22. The van der Waals surface area contributed by atoms with Crippen molar-refractivity contribution in [2.45, 2.75) is 58.9 Å². The lowest BCUT2D eigenvalue weighted by Crippen LogP contribution is -2.41. The first-order valence-corrected chi connectivity index (χ1v) is 11.3. The first-order valence-electron chi connectivity index (χ1n) is 11.3. The van der Waals surface area contributed by atoms with Crippen LogP contribution in [-0.2, 0) is 19.4 Å². The summed E-state index contributed by atoms with van der Waals surface area (Å²) in [6.45, 7) is 8.25. The van der Waals surface area contributed by atoms with Crippen LogP contribution < -0.4 is 10.1 Å². The number of hydrogen-bond donors (Lipinski definition) is 1. The smallest absolute Gasteiger partial charge is 0.193 e. The van der Waals surface area contributed by atoms with Crippen molar-refractivity contribution in [3.8, 4) is 5.75 Å². The van der Waals surface area contributed by atoms with Crippen LogP contribution in [0, 0.1) is 6.92 Å². The molecule has 0 saturated heterocycles. The minimum absolute atomic E-state index is 0.621. The van der Waals surface area contributed by atoms with Gasteiger partial charge in [0.2, 0.25) is 0 Å². The van der Waals surface area contributed by atoms with Crippen LogP contribution in [0.4, 0.5) is 0 Å². The number of aryl methyl sites for hydroxylation is 3. The van der Waals surface area contributed by atoms with E-state index in [0.717, 1.165) is 68.8 Å². The Morgan fingerprint density at radius 1 is 1.20 bits per heavy atom. The second-order valence-corrected chi connectivity index (χ2v) is 7.92. The fourth-order valence-electron chi connectivity index (χ4n) is 3.66. The van der Waals surface area contributed by atoms with Crippen molar-refractivity contribution in [2.24, 2.45) is 4.99 Å². The van der Waals surface area contributed by atoms with Gasteiger partial charge in [0.05, 0.1) is 6.54 Å². The summed E-state index contributed by atoms with van der Waals surface area (Å²) in [6.07, 6.45) is 6.71. The molecule has 1 aromatic carbocycles. The van der Waals surface area contributed by atoms with Crippen LogP contribution in [0.1, 0.15) is 49.8 Å². The molecular weight excluding hydrogens is 376 g/mol. The van der Waals surface area contributed by atoms with E-state index >= 15 is 0 Å². The lowest BCUT2D eigenvalue weighted by Gasteiger charge is -2.22. The third kappa shape index (κ3) is 6.47. The lowest BCUT2D eigenvalue weighted by atomic mass is 10.2. The zero-order valence-electron chi connectivity index (χ0n) is 18.7. The third-order valence-electron chi connectivity index (χ3n) is 5.42. The van der Waals surface area contributed by atoms with Crippen LogP contribution in [0.5, 0.6) is 5.75 Å². The molecule has 0 radical (unpaired) electrons. The van der Waals surface area contributed by atoms with Crippen molar-refractivity contribution in [1.29, 1.82) is 0 Å². The SMILES string of the molecule is CCNC(=NCCCc1nnc2n1CCCCC2)N(C)CCOc1ccc(C)cc1. The number of ether oxygens (including phenoxy) is 1. The van der Waals surface area contributed by atoms with Gasteiger partial charge in [-0.25, -0.2) is 0 Å². The van der Waals surface area contributed by atoms with E-state index in [4.69, 9.17) is 9.73 Å². The molecule has 0 saturated carbocycles. The van der Waals surface area contributed by atoms with Crippen molar-refractivity contribution in [2.75, 3.05) is 33.3 Å². The lowest BCUT2D eigenvalue weighted by molar-refractivity contribution is 0.281. The van der Waals surface area contributed by atoms with Crippen LogP contribution in [0.25, 0.3) is 0 Å². The Morgan fingerprint density at radius 2 is 2.03 bits per heavy atom. The summed E-state index contributed by atoms with van der Waals surface area (Å²) in [5, 5.41) is 12.2. The van der Waals surface area contributed by atoms with E-state index in [1.807, 2.05) is 12.1 Å². The molecule has 0 unspecified atom stereocenters. The van der Waals surface area contributed by atoms with Gasteiger partial charge < -0.3 is 19.5 Å². The molecule has 0 spiro atoms. The quantitative estimate of drug-likeness (QED) is 0.389. The second-order valence-electron chi connectivity index (χ2n) is 7.92. The maximum Gasteiger partial charge on any atom is 0.193 e. The number of likely N-dealkylation sites (N-methyl/N-ethyl adjacent to an activating group) is 1. The van der Waals surface area contributed by atoms with Gasteiger partial charge in [-0.3, -0.25) is 4.99 Å². The van der Waals surface area contributed by atoms with Crippen LogP contribution in [0.2, 0.25) is 0 Å². The summed E-state index contributed by atoms with van der Waals surface area (Å²) in [6, 6.07) is 8.16. The van der Waals surface area contributed by atoms with E-state index in [0.29, 0.717) is 6.61 Å². The molecule has 1 N–H and O–H groups in total. The van der Waals surface area contributed by atoms with Crippen molar-refractivity contribution < 1.29 is 4.74 Å². The van der Waals surface area contributed by atoms with Crippen molar-refractivity contribution >= 4 is 5.96 Å². The standard InChI is InChI=1S/C23H36N6O/c1-4-24-23(28(3)17-18-30-20-13-11-19(2)12-14-20)25-15-8-10-22-27-26-21-9-6-5-7-16-29(21)22/h11-14H,4-10,15-18H2,1-3H3,(H,24,25). The van der Waals surface area contributed by atoms with E-state index < -0.39 is 0 Å². The number of nitrogens with zero attached hydrogens (tertiary/aromatic N) is 5. The van der Waals surface area contributed by atoms with Gasteiger partial charge in [-0.05, 0) is 45.2 Å². The molecule has 3 rings (SSSR count). The summed E-state index contributed by atoms with van der Waals surface area (Å²) in [7, 11) is 2.05. The number of nitrogens with one attached hydrogen (secondary N) is 1. The van der Waals surface area contributed by atoms with Gasteiger partial charge in [0.25, 0.3) is 0 Å². The van der Waals surface area contributed by atoms with E-state index in [1.54, 1.807) is 0 Å².